The first-order chi connectivity index (χ1) is 14.1. The largest absolute Gasteiger partial charge is 0.355 e. The van der Waals surface area contributed by atoms with Crippen molar-refractivity contribution in [2.45, 2.75) is 32.7 Å². The molecule has 0 fully saturated rings. The Morgan fingerprint density at radius 3 is 2.69 bits per heavy atom. The van der Waals surface area contributed by atoms with Crippen LogP contribution in [-0.4, -0.2) is 28.6 Å². The highest BCUT2D eigenvalue weighted by molar-refractivity contribution is 5.95. The number of carbonyl (C=O) groups excluding carboxylic acids is 2. The average Bonchev–Trinajstić information content (AvgIpc) is 3.35. The van der Waals surface area contributed by atoms with Crippen LogP contribution in [0.4, 0.5) is 0 Å². The van der Waals surface area contributed by atoms with Crippen molar-refractivity contribution in [1.29, 1.82) is 0 Å². The number of rotatable bonds is 5. The van der Waals surface area contributed by atoms with E-state index >= 15 is 0 Å². The molecule has 0 spiro atoms. The van der Waals surface area contributed by atoms with E-state index in [0.717, 1.165) is 47.3 Å². The van der Waals surface area contributed by atoms with Crippen molar-refractivity contribution in [1.82, 2.24) is 20.4 Å². The number of aryl methyl sites for hydroxylation is 1. The Labute approximate surface area is 169 Å². The second-order valence-electron chi connectivity index (χ2n) is 7.29. The smallest absolute Gasteiger partial charge is 0.272 e. The van der Waals surface area contributed by atoms with Crippen molar-refractivity contribution in [3.63, 3.8) is 0 Å². The predicted octanol–water partition coefficient (Wildman–Crippen LogP) is 2.96. The molecule has 29 heavy (non-hydrogen) atoms. The first-order valence-corrected chi connectivity index (χ1v) is 9.84. The zero-order valence-electron chi connectivity index (χ0n) is 16.7. The second-order valence-corrected chi connectivity index (χ2v) is 7.29. The maximum absolute atomic E-state index is 12.9. The van der Waals surface area contributed by atoms with E-state index < -0.39 is 0 Å². The highest BCUT2D eigenvalue weighted by Crippen LogP contribution is 2.28. The lowest BCUT2D eigenvalue weighted by atomic mass is 10.1. The summed E-state index contributed by atoms with van der Waals surface area (Å²) in [5.41, 5.74) is 6.27. The minimum atomic E-state index is -0.180. The van der Waals surface area contributed by atoms with Crippen LogP contribution in [0.3, 0.4) is 0 Å². The van der Waals surface area contributed by atoms with E-state index in [0.29, 0.717) is 17.8 Å². The van der Waals surface area contributed by atoms with Crippen LogP contribution in [0.2, 0.25) is 0 Å². The minimum Gasteiger partial charge on any atom is -0.355 e. The number of amides is 2. The third-order valence-electron chi connectivity index (χ3n) is 5.36. The van der Waals surface area contributed by atoms with Gasteiger partial charge in [-0.05, 0) is 55.5 Å². The first-order valence-electron chi connectivity index (χ1n) is 9.84. The molecular formula is C23H24N4O2. The van der Waals surface area contributed by atoms with Gasteiger partial charge in [-0.2, -0.15) is 5.10 Å². The number of fused-ring (bicyclic) bond motifs is 1. The van der Waals surface area contributed by atoms with Crippen molar-refractivity contribution >= 4 is 11.8 Å². The normalized spacial score (nSPS) is 12.5. The summed E-state index contributed by atoms with van der Waals surface area (Å²) in [4.78, 5) is 24.7. The van der Waals surface area contributed by atoms with Gasteiger partial charge in [0.1, 0.15) is 0 Å². The average molecular weight is 388 g/mol. The van der Waals surface area contributed by atoms with Crippen LogP contribution < -0.4 is 10.6 Å². The molecule has 1 aliphatic rings. The Morgan fingerprint density at radius 1 is 1.07 bits per heavy atom. The maximum atomic E-state index is 12.9. The first kappa shape index (κ1) is 18.9. The highest BCUT2D eigenvalue weighted by Gasteiger charge is 2.27. The SMILES string of the molecule is CNC(=O)c1cccc(CNC(=O)c2nn(-c3ccccc3C)c3c2CCC3)c1. The van der Waals surface area contributed by atoms with E-state index in [1.807, 2.05) is 35.0 Å². The molecule has 2 N–H and O–H groups in total. The summed E-state index contributed by atoms with van der Waals surface area (Å²) < 4.78 is 1.93. The number of carbonyl (C=O) groups is 2. The lowest BCUT2D eigenvalue weighted by Crippen LogP contribution is -2.25. The molecule has 0 radical (unpaired) electrons. The minimum absolute atomic E-state index is 0.145. The number of hydrogen-bond donors (Lipinski definition) is 2. The lowest BCUT2D eigenvalue weighted by molar-refractivity contribution is 0.0943. The Bertz CT molecular complexity index is 1080. The summed E-state index contributed by atoms with van der Waals surface area (Å²) >= 11 is 0. The Kier molecular flexibility index (Phi) is 5.16. The summed E-state index contributed by atoms with van der Waals surface area (Å²) in [7, 11) is 1.60. The van der Waals surface area contributed by atoms with Gasteiger partial charge >= 0.3 is 0 Å². The van der Waals surface area contributed by atoms with Crippen molar-refractivity contribution in [3.05, 3.63) is 82.2 Å². The van der Waals surface area contributed by atoms with Crippen molar-refractivity contribution < 1.29 is 9.59 Å². The summed E-state index contributed by atoms with van der Waals surface area (Å²) in [5.74, 6) is -0.325. The van der Waals surface area contributed by atoms with Gasteiger partial charge in [0.05, 0.1) is 5.69 Å². The van der Waals surface area contributed by atoms with E-state index in [1.165, 1.54) is 0 Å². The molecule has 0 saturated carbocycles. The lowest BCUT2D eigenvalue weighted by Gasteiger charge is -2.08. The van der Waals surface area contributed by atoms with E-state index in [1.54, 1.807) is 19.2 Å². The van der Waals surface area contributed by atoms with E-state index in [9.17, 15) is 9.59 Å². The molecule has 148 valence electrons. The van der Waals surface area contributed by atoms with Gasteiger partial charge < -0.3 is 10.6 Å². The Balaban J connectivity index is 1.57. The van der Waals surface area contributed by atoms with Gasteiger partial charge in [-0.25, -0.2) is 4.68 Å². The van der Waals surface area contributed by atoms with Crippen LogP contribution in [0.15, 0.2) is 48.5 Å². The zero-order chi connectivity index (χ0) is 20.4. The standard InChI is InChI=1S/C23H24N4O2/c1-15-7-3-4-11-19(15)27-20-12-6-10-18(20)21(26-27)23(29)25-14-16-8-5-9-17(13-16)22(28)24-2/h3-5,7-9,11,13H,6,10,12,14H2,1-2H3,(H,24,28)(H,25,29). The molecule has 0 saturated heterocycles. The van der Waals surface area contributed by atoms with E-state index in [-0.39, 0.29) is 11.8 Å². The fourth-order valence-corrected chi connectivity index (χ4v) is 3.85. The van der Waals surface area contributed by atoms with Crippen molar-refractivity contribution in [2.24, 2.45) is 0 Å². The monoisotopic (exact) mass is 388 g/mol. The van der Waals surface area contributed by atoms with Crippen LogP contribution >= 0.6 is 0 Å². The molecule has 0 unspecified atom stereocenters. The molecule has 1 heterocycles. The summed E-state index contributed by atoms with van der Waals surface area (Å²) in [6, 6.07) is 15.3. The van der Waals surface area contributed by atoms with E-state index in [4.69, 9.17) is 0 Å². The number of benzene rings is 2. The molecule has 0 aliphatic heterocycles. The third kappa shape index (κ3) is 3.66. The fourth-order valence-electron chi connectivity index (χ4n) is 3.85. The topological polar surface area (TPSA) is 76.0 Å². The molecule has 0 bridgehead atoms. The number of nitrogens with one attached hydrogen (secondary N) is 2. The van der Waals surface area contributed by atoms with Gasteiger partial charge in [0.25, 0.3) is 11.8 Å². The highest BCUT2D eigenvalue weighted by atomic mass is 16.2. The molecule has 1 aromatic heterocycles. The van der Waals surface area contributed by atoms with Gasteiger partial charge in [0.2, 0.25) is 0 Å². The number of para-hydroxylation sites is 1. The molecule has 4 rings (SSSR count). The quantitative estimate of drug-likeness (QED) is 0.706. The van der Waals surface area contributed by atoms with Crippen LogP contribution in [0, 0.1) is 6.92 Å². The Hall–Kier alpha value is -3.41. The van der Waals surface area contributed by atoms with Crippen molar-refractivity contribution in [3.8, 4) is 5.69 Å². The van der Waals surface area contributed by atoms with Crippen LogP contribution in [-0.2, 0) is 19.4 Å². The summed E-state index contributed by atoms with van der Waals surface area (Å²) in [5, 5.41) is 10.2. The van der Waals surface area contributed by atoms with E-state index in [2.05, 4.69) is 28.7 Å². The van der Waals surface area contributed by atoms with Crippen molar-refractivity contribution in [2.75, 3.05) is 7.05 Å². The van der Waals surface area contributed by atoms with Gasteiger partial charge in [0.15, 0.2) is 5.69 Å². The third-order valence-corrected chi connectivity index (χ3v) is 5.36. The van der Waals surface area contributed by atoms with Gasteiger partial charge in [-0.3, -0.25) is 9.59 Å². The molecule has 0 atom stereocenters. The van der Waals surface area contributed by atoms with Gasteiger partial charge in [-0.15, -0.1) is 0 Å². The summed E-state index contributed by atoms with van der Waals surface area (Å²) in [6.07, 6.45) is 2.84. The second kappa shape index (κ2) is 7.91. The summed E-state index contributed by atoms with van der Waals surface area (Å²) in [6.45, 7) is 2.40. The molecule has 3 aromatic rings. The maximum Gasteiger partial charge on any atom is 0.272 e. The molecule has 6 heteroatoms. The molecular weight excluding hydrogens is 364 g/mol. The number of nitrogens with zero attached hydrogens (tertiary/aromatic N) is 2. The molecule has 2 aromatic carbocycles. The fraction of sp³-hybridized carbons (Fsp3) is 0.261. The zero-order valence-corrected chi connectivity index (χ0v) is 16.7. The van der Waals surface area contributed by atoms with Crippen LogP contribution in [0.25, 0.3) is 5.69 Å². The molecule has 2 amide bonds. The molecule has 6 nitrogen and oxygen atoms in total. The Morgan fingerprint density at radius 2 is 1.90 bits per heavy atom. The molecule has 1 aliphatic carbocycles. The predicted molar refractivity (Wildman–Crippen MR) is 111 cm³/mol. The van der Waals surface area contributed by atoms with Crippen LogP contribution in [0.5, 0.6) is 0 Å². The number of aromatic nitrogens is 2. The van der Waals surface area contributed by atoms with Crippen LogP contribution in [0.1, 0.15) is 49.7 Å². The van der Waals surface area contributed by atoms with Gasteiger partial charge in [-0.1, -0.05) is 30.3 Å². The number of hydrogen-bond acceptors (Lipinski definition) is 3. The van der Waals surface area contributed by atoms with Gasteiger partial charge in [0, 0.05) is 30.4 Å².